The standard InChI is InChI=1S/C15H20N4OS/c1-11-10-19(8-7-16-11)15-17-14(18-21-15)9-12-3-5-13(20-2)6-4-12/h3-6,11,16H,7-10H2,1-2H3. The Balaban J connectivity index is 1.66. The van der Waals surface area contributed by atoms with Gasteiger partial charge in [0.05, 0.1) is 7.11 Å². The minimum atomic E-state index is 0.507. The quantitative estimate of drug-likeness (QED) is 0.935. The average molecular weight is 304 g/mol. The van der Waals surface area contributed by atoms with Crippen LogP contribution >= 0.6 is 11.5 Å². The Hall–Kier alpha value is -1.66. The van der Waals surface area contributed by atoms with Gasteiger partial charge in [0, 0.05) is 43.6 Å². The van der Waals surface area contributed by atoms with Crippen LogP contribution in [0.2, 0.25) is 0 Å². The number of piperazine rings is 1. The van der Waals surface area contributed by atoms with Crippen LogP contribution in [0.25, 0.3) is 0 Å². The van der Waals surface area contributed by atoms with Crippen molar-refractivity contribution < 1.29 is 4.74 Å². The molecule has 1 saturated heterocycles. The van der Waals surface area contributed by atoms with Crippen LogP contribution in [0, 0.1) is 0 Å². The molecule has 1 fully saturated rings. The molecule has 1 aromatic heterocycles. The van der Waals surface area contributed by atoms with Gasteiger partial charge >= 0.3 is 0 Å². The number of aromatic nitrogens is 2. The molecule has 3 rings (SSSR count). The molecule has 1 aliphatic rings. The maximum absolute atomic E-state index is 5.17. The number of rotatable bonds is 4. The number of nitrogens with one attached hydrogen (secondary N) is 1. The van der Waals surface area contributed by atoms with Gasteiger partial charge in [0.1, 0.15) is 11.6 Å². The molecule has 2 aromatic rings. The molecule has 1 unspecified atom stereocenters. The van der Waals surface area contributed by atoms with E-state index in [1.54, 1.807) is 7.11 Å². The molecule has 1 aromatic carbocycles. The number of anilines is 1. The first-order chi connectivity index (χ1) is 10.2. The van der Waals surface area contributed by atoms with E-state index in [1.807, 2.05) is 12.1 Å². The highest BCUT2D eigenvalue weighted by Gasteiger charge is 2.19. The molecule has 1 atom stereocenters. The van der Waals surface area contributed by atoms with Gasteiger partial charge in [0.25, 0.3) is 0 Å². The summed E-state index contributed by atoms with van der Waals surface area (Å²) in [6, 6.07) is 8.58. The largest absolute Gasteiger partial charge is 0.497 e. The predicted octanol–water partition coefficient (Wildman–Crippen LogP) is 1.94. The lowest BCUT2D eigenvalue weighted by molar-refractivity contribution is 0.414. The van der Waals surface area contributed by atoms with Gasteiger partial charge in [-0.25, -0.2) is 4.98 Å². The van der Waals surface area contributed by atoms with Gasteiger partial charge < -0.3 is 15.0 Å². The maximum Gasteiger partial charge on any atom is 0.205 e. The van der Waals surface area contributed by atoms with Gasteiger partial charge in [-0.05, 0) is 24.6 Å². The Morgan fingerprint density at radius 2 is 2.19 bits per heavy atom. The van der Waals surface area contributed by atoms with Crippen molar-refractivity contribution in [2.45, 2.75) is 19.4 Å². The Morgan fingerprint density at radius 1 is 1.38 bits per heavy atom. The first-order valence-corrected chi connectivity index (χ1v) is 7.96. The number of ether oxygens (including phenoxy) is 1. The molecule has 0 amide bonds. The molecular weight excluding hydrogens is 284 g/mol. The van der Waals surface area contributed by atoms with Gasteiger partial charge in [0.15, 0.2) is 0 Å². The van der Waals surface area contributed by atoms with E-state index in [1.165, 1.54) is 17.1 Å². The van der Waals surface area contributed by atoms with Gasteiger partial charge in [-0.2, -0.15) is 4.37 Å². The normalized spacial score (nSPS) is 18.8. The van der Waals surface area contributed by atoms with E-state index in [0.29, 0.717) is 6.04 Å². The number of benzene rings is 1. The minimum Gasteiger partial charge on any atom is -0.497 e. The van der Waals surface area contributed by atoms with Crippen LogP contribution in [0.3, 0.4) is 0 Å². The number of hydrogen-bond donors (Lipinski definition) is 1. The number of hydrogen-bond acceptors (Lipinski definition) is 6. The molecule has 0 aliphatic carbocycles. The molecule has 0 bridgehead atoms. The van der Waals surface area contributed by atoms with Gasteiger partial charge in [-0.15, -0.1) is 0 Å². The lowest BCUT2D eigenvalue weighted by Crippen LogP contribution is -2.49. The second kappa shape index (κ2) is 6.41. The van der Waals surface area contributed by atoms with Crippen LogP contribution in [-0.4, -0.2) is 42.1 Å². The van der Waals surface area contributed by atoms with Crippen LogP contribution in [0.5, 0.6) is 5.75 Å². The molecule has 2 heterocycles. The first kappa shape index (κ1) is 14.3. The molecule has 21 heavy (non-hydrogen) atoms. The summed E-state index contributed by atoms with van der Waals surface area (Å²) in [5.41, 5.74) is 1.20. The Bertz CT molecular complexity index is 584. The molecule has 0 spiro atoms. The Kier molecular flexibility index (Phi) is 4.36. The fourth-order valence-electron chi connectivity index (χ4n) is 2.48. The summed E-state index contributed by atoms with van der Waals surface area (Å²) < 4.78 is 9.66. The molecule has 112 valence electrons. The van der Waals surface area contributed by atoms with Gasteiger partial charge in [0.2, 0.25) is 5.13 Å². The van der Waals surface area contributed by atoms with Crippen molar-refractivity contribution in [1.29, 1.82) is 0 Å². The second-order valence-corrected chi connectivity index (χ2v) is 6.05. The highest BCUT2D eigenvalue weighted by atomic mass is 32.1. The smallest absolute Gasteiger partial charge is 0.205 e. The zero-order chi connectivity index (χ0) is 14.7. The van der Waals surface area contributed by atoms with Crippen LogP contribution in [0.1, 0.15) is 18.3 Å². The third-order valence-corrected chi connectivity index (χ3v) is 4.43. The third kappa shape index (κ3) is 3.51. The topological polar surface area (TPSA) is 50.3 Å². The summed E-state index contributed by atoms with van der Waals surface area (Å²) in [7, 11) is 1.68. The fourth-order valence-corrected chi connectivity index (χ4v) is 3.20. The molecule has 0 radical (unpaired) electrons. The van der Waals surface area contributed by atoms with E-state index in [4.69, 9.17) is 4.74 Å². The highest BCUT2D eigenvalue weighted by molar-refractivity contribution is 7.09. The average Bonchev–Trinajstić information content (AvgIpc) is 2.97. The third-order valence-electron chi connectivity index (χ3n) is 3.62. The summed E-state index contributed by atoms with van der Waals surface area (Å²) >= 11 is 1.50. The van der Waals surface area contributed by atoms with Crippen LogP contribution in [0.15, 0.2) is 24.3 Å². The monoisotopic (exact) mass is 304 g/mol. The van der Waals surface area contributed by atoms with Crippen molar-refractivity contribution in [2.75, 3.05) is 31.6 Å². The van der Waals surface area contributed by atoms with Gasteiger partial charge in [-0.1, -0.05) is 12.1 Å². The van der Waals surface area contributed by atoms with Gasteiger partial charge in [-0.3, -0.25) is 0 Å². The molecule has 6 heteroatoms. The van der Waals surface area contributed by atoms with Crippen molar-refractivity contribution in [3.05, 3.63) is 35.7 Å². The molecule has 1 aliphatic heterocycles. The van der Waals surface area contributed by atoms with Crippen molar-refractivity contribution in [3.8, 4) is 5.75 Å². The Labute approximate surface area is 129 Å². The zero-order valence-electron chi connectivity index (χ0n) is 12.4. The fraction of sp³-hybridized carbons (Fsp3) is 0.467. The minimum absolute atomic E-state index is 0.507. The Morgan fingerprint density at radius 3 is 2.90 bits per heavy atom. The first-order valence-electron chi connectivity index (χ1n) is 7.18. The van der Waals surface area contributed by atoms with E-state index in [-0.39, 0.29) is 0 Å². The van der Waals surface area contributed by atoms with Crippen molar-refractivity contribution >= 4 is 16.7 Å². The summed E-state index contributed by atoms with van der Waals surface area (Å²) in [5.74, 6) is 1.77. The zero-order valence-corrected chi connectivity index (χ0v) is 13.2. The van der Waals surface area contributed by atoms with E-state index >= 15 is 0 Å². The van der Waals surface area contributed by atoms with Crippen LogP contribution < -0.4 is 15.0 Å². The van der Waals surface area contributed by atoms with Crippen molar-refractivity contribution in [1.82, 2.24) is 14.7 Å². The molecule has 5 nitrogen and oxygen atoms in total. The lowest BCUT2D eigenvalue weighted by atomic mass is 10.1. The lowest BCUT2D eigenvalue weighted by Gasteiger charge is -2.31. The number of nitrogens with zero attached hydrogens (tertiary/aromatic N) is 3. The summed E-state index contributed by atoms with van der Waals surface area (Å²) in [6.45, 7) is 5.21. The van der Waals surface area contributed by atoms with E-state index < -0.39 is 0 Å². The molecular formula is C15H20N4OS. The van der Waals surface area contributed by atoms with Crippen molar-refractivity contribution in [3.63, 3.8) is 0 Å². The van der Waals surface area contributed by atoms with Crippen LogP contribution in [-0.2, 0) is 6.42 Å². The van der Waals surface area contributed by atoms with Crippen molar-refractivity contribution in [2.24, 2.45) is 0 Å². The van der Waals surface area contributed by atoms with E-state index in [0.717, 1.165) is 42.8 Å². The molecule has 1 N–H and O–H groups in total. The SMILES string of the molecule is COc1ccc(Cc2nsc(N3CCNC(C)C3)n2)cc1. The second-order valence-electron chi connectivity index (χ2n) is 5.32. The summed E-state index contributed by atoms with van der Waals surface area (Å²) in [6.07, 6.45) is 0.766. The predicted molar refractivity (Wildman–Crippen MR) is 85.4 cm³/mol. The van der Waals surface area contributed by atoms with Crippen LogP contribution in [0.4, 0.5) is 5.13 Å². The summed E-state index contributed by atoms with van der Waals surface area (Å²) in [4.78, 5) is 7.00. The van der Waals surface area contributed by atoms with E-state index in [9.17, 15) is 0 Å². The number of methoxy groups -OCH3 is 1. The maximum atomic E-state index is 5.17. The molecule has 0 saturated carbocycles. The highest BCUT2D eigenvalue weighted by Crippen LogP contribution is 2.21. The van der Waals surface area contributed by atoms with E-state index in [2.05, 4.69) is 38.6 Å². The summed E-state index contributed by atoms with van der Waals surface area (Å²) in [5, 5.41) is 4.48.